The molecule has 0 radical (unpaired) electrons. The molecule has 4 rings (SSSR count). The van der Waals surface area contributed by atoms with Gasteiger partial charge in [0.05, 0.1) is 10.9 Å². The van der Waals surface area contributed by atoms with Crippen LogP contribution < -0.4 is 30.1 Å². The van der Waals surface area contributed by atoms with Crippen molar-refractivity contribution in [3.05, 3.63) is 86.2 Å². The molecule has 1 N–H and O–H groups in total. The normalized spacial score (nSPS) is 10.8. The van der Waals surface area contributed by atoms with E-state index < -0.39 is 17.2 Å². The monoisotopic (exact) mass is 486 g/mol. The van der Waals surface area contributed by atoms with Gasteiger partial charge in [0.25, 0.3) is 5.56 Å². The Bertz CT molecular complexity index is 1440. The number of benzene rings is 2. The van der Waals surface area contributed by atoms with Gasteiger partial charge in [-0.1, -0.05) is 69.7 Å². The van der Waals surface area contributed by atoms with Crippen molar-refractivity contribution in [1.29, 1.82) is 0 Å². The van der Waals surface area contributed by atoms with E-state index >= 15 is 0 Å². The minimum Gasteiger partial charge on any atom is -0.478 e. The summed E-state index contributed by atoms with van der Waals surface area (Å²) >= 11 is 1.23. The topological polar surface area (TPSA) is 81.3 Å². The Kier molecular flexibility index (Phi) is 10.1. The number of aromatic carboxylic acids is 1. The number of carboxylic acid groups (broad SMARTS) is 1. The fourth-order valence-electron chi connectivity index (χ4n) is 3.87. The van der Waals surface area contributed by atoms with E-state index in [9.17, 15) is 19.5 Å². The zero-order valence-corrected chi connectivity index (χ0v) is 21.9. The molecule has 0 aliphatic rings. The van der Waals surface area contributed by atoms with Crippen molar-refractivity contribution >= 4 is 38.3 Å². The minimum atomic E-state index is -1.15. The molecule has 0 saturated carbocycles. The number of fused-ring (bicyclic) bond motifs is 2. The van der Waals surface area contributed by atoms with Crippen LogP contribution in [-0.4, -0.2) is 20.2 Å². The number of hydrogen-bond donors (Lipinski definition) is 1. The van der Waals surface area contributed by atoms with E-state index in [1.165, 1.54) is 29.4 Å². The van der Waals surface area contributed by atoms with Crippen molar-refractivity contribution in [2.75, 3.05) is 0 Å². The molecule has 0 atom stereocenters. The summed E-state index contributed by atoms with van der Waals surface area (Å²) in [7, 11) is 1.40. The molecule has 35 heavy (non-hydrogen) atoms. The number of aromatic nitrogens is 2. The van der Waals surface area contributed by atoms with E-state index in [2.05, 4.69) is 13.8 Å². The summed E-state index contributed by atoms with van der Waals surface area (Å²) in [5.74, 6) is -0.983. The number of nitrogens with zero attached hydrogens (tertiary/aromatic N) is 2. The average Bonchev–Trinajstić information content (AvgIpc) is 3.20. The molecule has 0 fully saturated rings. The first-order chi connectivity index (χ1) is 16.2. The molecular weight excluding hydrogens is 455 g/mol. The Morgan fingerprint density at radius 1 is 1.11 bits per heavy atom. The van der Waals surface area contributed by atoms with Crippen LogP contribution in [0.5, 0.6) is 0 Å². The molecule has 2 aromatic heterocycles. The molecule has 0 aliphatic carbocycles. The zero-order valence-electron chi connectivity index (χ0n) is 21.1. The Labute approximate surface area is 221 Å². The van der Waals surface area contributed by atoms with Gasteiger partial charge in [0.1, 0.15) is 4.83 Å². The molecule has 8 heteroatoms. The molecule has 6 nitrogen and oxygen atoms in total. The van der Waals surface area contributed by atoms with Gasteiger partial charge in [0.2, 0.25) is 0 Å². The largest absolute Gasteiger partial charge is 1.00 e. The van der Waals surface area contributed by atoms with E-state index in [-0.39, 0.29) is 35.7 Å². The second-order valence-corrected chi connectivity index (χ2v) is 9.79. The van der Waals surface area contributed by atoms with Crippen LogP contribution in [-0.2, 0) is 20.0 Å². The van der Waals surface area contributed by atoms with E-state index in [0.29, 0.717) is 22.7 Å². The fourth-order valence-corrected chi connectivity index (χ4v) is 5.18. The Morgan fingerprint density at radius 2 is 1.74 bits per heavy atom. The van der Waals surface area contributed by atoms with Gasteiger partial charge in [-0.3, -0.25) is 13.9 Å². The van der Waals surface area contributed by atoms with Gasteiger partial charge in [-0.2, -0.15) is 6.42 Å². The third-order valence-corrected chi connectivity index (χ3v) is 6.80. The number of hydrogen-bond acceptors (Lipinski definition) is 4. The van der Waals surface area contributed by atoms with Crippen LogP contribution in [0.4, 0.5) is 0 Å². The van der Waals surface area contributed by atoms with Gasteiger partial charge in [0.15, 0.2) is 0 Å². The molecule has 2 aromatic carbocycles. The van der Waals surface area contributed by atoms with Crippen LogP contribution in [0.25, 0.3) is 21.0 Å². The molecular formula is C27H31LiN2O4S. The minimum absolute atomic E-state index is 0. The number of rotatable bonds is 6. The van der Waals surface area contributed by atoms with Crippen molar-refractivity contribution in [3.63, 3.8) is 0 Å². The summed E-state index contributed by atoms with van der Waals surface area (Å²) in [6.07, 6.45) is 2.65. The van der Waals surface area contributed by atoms with Crippen molar-refractivity contribution in [1.82, 2.24) is 9.13 Å². The summed E-state index contributed by atoms with van der Waals surface area (Å²) in [5, 5.41) is 12.2. The number of carboxylic acids is 1. The van der Waals surface area contributed by atoms with E-state index in [1.807, 2.05) is 56.3 Å². The van der Waals surface area contributed by atoms with Gasteiger partial charge in [-0.05, 0) is 22.3 Å². The maximum atomic E-state index is 12.9. The van der Waals surface area contributed by atoms with Crippen molar-refractivity contribution in [2.45, 2.75) is 46.6 Å². The number of unbranched alkanes of at least 4 members (excludes halogenated alkanes) is 1. The first-order valence-corrected chi connectivity index (χ1v) is 12.3. The van der Waals surface area contributed by atoms with Gasteiger partial charge in [-0.25, -0.2) is 9.59 Å². The van der Waals surface area contributed by atoms with Crippen LogP contribution in [0.1, 0.15) is 54.4 Å². The average molecular weight is 487 g/mol. The fraction of sp³-hybridized carbons (Fsp3) is 0.333. The number of thiophene rings is 1. The molecule has 180 valence electrons. The third kappa shape index (κ3) is 5.98. The van der Waals surface area contributed by atoms with Crippen LogP contribution in [0.15, 0.2) is 52.1 Å². The van der Waals surface area contributed by atoms with Crippen molar-refractivity contribution in [3.8, 4) is 0 Å². The van der Waals surface area contributed by atoms with Gasteiger partial charge >= 0.3 is 30.5 Å². The summed E-state index contributed by atoms with van der Waals surface area (Å²) in [5.41, 5.74) is 0.00158. The number of carbonyl (C=O) groups is 1. The second kappa shape index (κ2) is 12.4. The molecule has 0 saturated heterocycles. The first kappa shape index (κ1) is 28.6. The maximum Gasteiger partial charge on any atom is 1.00 e. The SMILES string of the molecule is CC(C)Cn1c(=O)n(C)c(=O)c2c(C(=O)O)c(Cc3cccc4ccccc34)sc21.[CH2-]CCC.[Li+]. The van der Waals surface area contributed by atoms with Crippen molar-refractivity contribution < 1.29 is 28.8 Å². The quantitative estimate of drug-likeness (QED) is 0.335. The van der Waals surface area contributed by atoms with Gasteiger partial charge in [-0.15, -0.1) is 11.3 Å². The van der Waals surface area contributed by atoms with Crippen molar-refractivity contribution in [2.24, 2.45) is 13.0 Å². The standard InChI is InChI=1S/C23H22N2O4S.C4H9.Li/c1-13(2)12-25-21-19(20(26)24(3)23(25)29)18(22(27)28)17(30-21)11-15-9-6-8-14-7-4-5-10-16(14)15;1-3-4-2;/h4-10,13H,11-12H2,1-3H3,(H,27,28);1,3-4H2,2H3;/q;-1;+1. The predicted octanol–water partition coefficient (Wildman–Crippen LogP) is 2.48. The predicted molar refractivity (Wildman–Crippen MR) is 140 cm³/mol. The van der Waals surface area contributed by atoms with E-state index in [4.69, 9.17) is 0 Å². The molecule has 4 aromatic rings. The Morgan fingerprint density at radius 3 is 2.34 bits per heavy atom. The Hall–Kier alpha value is -2.59. The van der Waals surface area contributed by atoms with Crippen LogP contribution in [0.2, 0.25) is 0 Å². The molecule has 2 heterocycles. The summed E-state index contributed by atoms with van der Waals surface area (Å²) in [6, 6.07) is 13.9. The summed E-state index contributed by atoms with van der Waals surface area (Å²) in [4.78, 5) is 38.8. The van der Waals surface area contributed by atoms with Crippen LogP contribution >= 0.6 is 11.3 Å². The molecule has 0 spiro atoms. The summed E-state index contributed by atoms with van der Waals surface area (Å²) < 4.78 is 2.54. The Balaban J connectivity index is 0.000000804. The zero-order chi connectivity index (χ0) is 25.0. The maximum absolute atomic E-state index is 12.9. The molecule has 0 bridgehead atoms. The van der Waals surface area contributed by atoms with Crippen LogP contribution in [0.3, 0.4) is 0 Å². The third-order valence-electron chi connectivity index (χ3n) is 5.59. The van der Waals surface area contributed by atoms with Gasteiger partial charge in [0, 0.05) is 24.9 Å². The van der Waals surface area contributed by atoms with E-state index in [0.717, 1.165) is 27.3 Å². The second-order valence-electron chi connectivity index (χ2n) is 8.71. The molecule has 0 unspecified atom stereocenters. The van der Waals surface area contributed by atoms with Gasteiger partial charge < -0.3 is 12.0 Å². The smallest absolute Gasteiger partial charge is 0.478 e. The first-order valence-electron chi connectivity index (χ1n) is 11.5. The van der Waals surface area contributed by atoms with Crippen LogP contribution in [0, 0.1) is 12.8 Å². The van der Waals surface area contributed by atoms with E-state index in [1.54, 1.807) is 0 Å². The summed E-state index contributed by atoms with van der Waals surface area (Å²) in [6.45, 7) is 10.1. The molecule has 0 aliphatic heterocycles. The molecule has 0 amide bonds.